The van der Waals surface area contributed by atoms with Crippen LogP contribution in [0.25, 0.3) is 0 Å². The van der Waals surface area contributed by atoms with Crippen LogP contribution in [0, 0.1) is 6.92 Å². The predicted octanol–water partition coefficient (Wildman–Crippen LogP) is 4.59. The topological polar surface area (TPSA) is 33.2 Å². The zero-order chi connectivity index (χ0) is 14.9. The lowest BCUT2D eigenvalue weighted by molar-refractivity contribution is 0.0745. The van der Waals surface area contributed by atoms with Gasteiger partial charge in [-0.3, -0.25) is 9.78 Å². The third-order valence-electron chi connectivity index (χ3n) is 3.29. The highest BCUT2D eigenvalue weighted by molar-refractivity contribution is 7.09. The van der Waals surface area contributed by atoms with Gasteiger partial charge in [-0.1, -0.05) is 23.2 Å². The second kappa shape index (κ2) is 6.12. The Labute approximate surface area is 132 Å². The molecule has 6 heteroatoms. The highest BCUT2D eigenvalue weighted by Crippen LogP contribution is 2.28. The van der Waals surface area contributed by atoms with Gasteiger partial charge in [0.15, 0.2) is 0 Å². The van der Waals surface area contributed by atoms with Crippen molar-refractivity contribution < 1.29 is 4.79 Å². The lowest BCUT2D eigenvalue weighted by Crippen LogP contribution is -2.29. The summed E-state index contributed by atoms with van der Waals surface area (Å²) in [5, 5.41) is 0.999. The molecule has 0 aliphatic rings. The maximum Gasteiger partial charge on any atom is 0.254 e. The minimum Gasteiger partial charge on any atom is -0.334 e. The number of hydrogen-bond donors (Lipinski definition) is 0. The number of nitrogens with zero attached hydrogens (tertiary/aromatic N) is 2. The van der Waals surface area contributed by atoms with Crippen molar-refractivity contribution in [1.29, 1.82) is 0 Å². The van der Waals surface area contributed by atoms with Crippen LogP contribution >= 0.6 is 34.5 Å². The van der Waals surface area contributed by atoms with Gasteiger partial charge >= 0.3 is 0 Å². The van der Waals surface area contributed by atoms with Crippen molar-refractivity contribution >= 4 is 40.4 Å². The Hall–Kier alpha value is -1.10. The van der Waals surface area contributed by atoms with E-state index in [9.17, 15) is 4.79 Å². The van der Waals surface area contributed by atoms with E-state index >= 15 is 0 Å². The molecule has 2 aromatic rings. The second-order valence-corrected chi connectivity index (χ2v) is 6.29. The summed E-state index contributed by atoms with van der Waals surface area (Å²) in [6.07, 6.45) is 1.77. The van der Waals surface area contributed by atoms with E-state index in [1.807, 2.05) is 13.8 Å². The molecule has 0 saturated carbocycles. The first-order valence-electron chi connectivity index (χ1n) is 6.03. The van der Waals surface area contributed by atoms with Crippen LogP contribution in [0.1, 0.15) is 33.8 Å². The summed E-state index contributed by atoms with van der Waals surface area (Å²) in [6, 6.07) is 3.26. The van der Waals surface area contributed by atoms with Crippen molar-refractivity contribution in [3.05, 3.63) is 49.9 Å². The van der Waals surface area contributed by atoms with Gasteiger partial charge in [0, 0.05) is 33.7 Å². The summed E-state index contributed by atoms with van der Waals surface area (Å²) < 4.78 is 0. The van der Waals surface area contributed by atoms with E-state index in [1.54, 1.807) is 35.8 Å². The number of aromatic nitrogens is 1. The summed E-state index contributed by atoms with van der Waals surface area (Å²) in [7, 11) is 1.76. The fourth-order valence-corrected chi connectivity index (χ4v) is 2.98. The number of hydrogen-bond acceptors (Lipinski definition) is 3. The molecule has 0 saturated heterocycles. The van der Waals surface area contributed by atoms with Crippen molar-refractivity contribution in [1.82, 2.24) is 9.88 Å². The molecule has 20 heavy (non-hydrogen) atoms. The van der Waals surface area contributed by atoms with Crippen molar-refractivity contribution in [2.24, 2.45) is 0 Å². The van der Waals surface area contributed by atoms with Gasteiger partial charge in [0.2, 0.25) is 0 Å². The van der Waals surface area contributed by atoms with Crippen LogP contribution in [0.4, 0.5) is 0 Å². The van der Waals surface area contributed by atoms with Gasteiger partial charge in [-0.2, -0.15) is 0 Å². The fraction of sp³-hybridized carbons (Fsp3) is 0.286. The zero-order valence-electron chi connectivity index (χ0n) is 11.4. The van der Waals surface area contributed by atoms with E-state index in [1.165, 1.54) is 11.3 Å². The summed E-state index contributed by atoms with van der Waals surface area (Å²) in [4.78, 5) is 19.2. The standard InChI is InChI=1S/C14H14Cl2N2OS/c1-8-11(15)4-10(5-12(8)16)14(19)18(3)9(2)13-6-17-7-20-13/h4-7,9H,1-3H3/t9-/m1/s1. The maximum absolute atomic E-state index is 12.5. The van der Waals surface area contributed by atoms with Gasteiger partial charge in [0.25, 0.3) is 5.91 Å². The Morgan fingerprint density at radius 3 is 2.45 bits per heavy atom. The number of carbonyl (C=O) groups excluding carboxylic acids is 1. The Morgan fingerprint density at radius 1 is 1.35 bits per heavy atom. The molecule has 1 atom stereocenters. The molecule has 3 nitrogen and oxygen atoms in total. The molecule has 0 aliphatic heterocycles. The molecule has 2 rings (SSSR count). The molecule has 106 valence electrons. The molecule has 1 heterocycles. The van der Waals surface area contributed by atoms with Crippen LogP contribution in [0.2, 0.25) is 10.0 Å². The summed E-state index contributed by atoms with van der Waals surface area (Å²) >= 11 is 13.7. The lowest BCUT2D eigenvalue weighted by atomic mass is 10.1. The third kappa shape index (κ3) is 2.97. The van der Waals surface area contributed by atoms with E-state index in [4.69, 9.17) is 23.2 Å². The molecule has 0 bridgehead atoms. The number of thiazole rings is 1. The van der Waals surface area contributed by atoms with Gasteiger partial charge in [-0.05, 0) is 31.5 Å². The predicted molar refractivity (Wildman–Crippen MR) is 83.8 cm³/mol. The first kappa shape index (κ1) is 15.3. The van der Waals surface area contributed by atoms with Crippen LogP contribution < -0.4 is 0 Å². The van der Waals surface area contributed by atoms with Crippen LogP contribution in [0.3, 0.4) is 0 Å². The number of rotatable bonds is 3. The molecule has 1 amide bonds. The average molecular weight is 329 g/mol. The fourth-order valence-electron chi connectivity index (χ4n) is 1.77. The number of amides is 1. The van der Waals surface area contributed by atoms with Crippen molar-refractivity contribution in [2.45, 2.75) is 19.9 Å². The first-order valence-corrected chi connectivity index (χ1v) is 7.66. The minimum absolute atomic E-state index is 0.0474. The molecular formula is C14H14Cl2N2OS. The largest absolute Gasteiger partial charge is 0.334 e. The summed E-state index contributed by atoms with van der Waals surface area (Å²) in [6.45, 7) is 3.78. The Morgan fingerprint density at radius 2 is 1.95 bits per heavy atom. The van der Waals surface area contributed by atoms with Crippen LogP contribution in [-0.2, 0) is 0 Å². The van der Waals surface area contributed by atoms with Gasteiger partial charge in [-0.25, -0.2) is 0 Å². The van der Waals surface area contributed by atoms with Gasteiger partial charge in [0.1, 0.15) is 0 Å². The Kier molecular flexibility index (Phi) is 4.68. The van der Waals surface area contributed by atoms with Crippen LogP contribution in [0.5, 0.6) is 0 Å². The van der Waals surface area contributed by atoms with Gasteiger partial charge in [0.05, 0.1) is 11.6 Å². The second-order valence-electron chi connectivity index (χ2n) is 4.56. The third-order valence-corrected chi connectivity index (χ3v) is 5.02. The SMILES string of the molecule is Cc1c(Cl)cc(C(=O)N(C)[C@H](C)c2cncs2)cc1Cl. The highest BCUT2D eigenvalue weighted by Gasteiger charge is 2.21. The quantitative estimate of drug-likeness (QED) is 0.825. The van der Waals surface area contributed by atoms with E-state index in [-0.39, 0.29) is 11.9 Å². The number of carbonyl (C=O) groups is 1. The smallest absolute Gasteiger partial charge is 0.254 e. The Bertz CT molecular complexity index is 605. The van der Waals surface area contributed by atoms with E-state index in [0.717, 1.165) is 10.4 Å². The maximum atomic E-state index is 12.5. The van der Waals surface area contributed by atoms with Crippen LogP contribution in [0.15, 0.2) is 23.8 Å². The molecule has 0 spiro atoms. The van der Waals surface area contributed by atoms with E-state index < -0.39 is 0 Å². The monoisotopic (exact) mass is 328 g/mol. The molecular weight excluding hydrogens is 315 g/mol. The molecule has 0 radical (unpaired) electrons. The normalized spacial score (nSPS) is 12.2. The first-order chi connectivity index (χ1) is 9.41. The van der Waals surface area contributed by atoms with E-state index in [0.29, 0.717) is 15.6 Å². The van der Waals surface area contributed by atoms with Crippen molar-refractivity contribution in [3.8, 4) is 0 Å². The molecule has 0 N–H and O–H groups in total. The van der Waals surface area contributed by atoms with E-state index in [2.05, 4.69) is 4.98 Å². The number of benzene rings is 1. The molecule has 0 aliphatic carbocycles. The average Bonchev–Trinajstić information content (AvgIpc) is 2.95. The highest BCUT2D eigenvalue weighted by atomic mass is 35.5. The lowest BCUT2D eigenvalue weighted by Gasteiger charge is -2.24. The van der Waals surface area contributed by atoms with Crippen molar-refractivity contribution in [3.63, 3.8) is 0 Å². The zero-order valence-corrected chi connectivity index (χ0v) is 13.7. The van der Waals surface area contributed by atoms with Crippen molar-refractivity contribution in [2.75, 3.05) is 7.05 Å². The molecule has 0 unspecified atom stereocenters. The number of halogens is 2. The summed E-state index contributed by atoms with van der Waals surface area (Å²) in [5.41, 5.74) is 3.02. The molecule has 0 fully saturated rings. The van der Waals surface area contributed by atoms with Gasteiger partial charge in [-0.15, -0.1) is 11.3 Å². The Balaban J connectivity index is 2.27. The minimum atomic E-state index is -0.116. The van der Waals surface area contributed by atoms with Crippen LogP contribution in [-0.4, -0.2) is 22.8 Å². The van der Waals surface area contributed by atoms with Gasteiger partial charge < -0.3 is 4.90 Å². The molecule has 1 aromatic carbocycles. The molecule has 1 aromatic heterocycles. The summed E-state index contributed by atoms with van der Waals surface area (Å²) in [5.74, 6) is -0.116.